The fraction of sp³-hybridized carbons (Fsp3) is 1.00. The van der Waals surface area contributed by atoms with Crippen molar-refractivity contribution in [2.45, 2.75) is 44.8 Å². The number of hydrogen-bond donors (Lipinski definition) is 4. The van der Waals surface area contributed by atoms with Crippen LogP contribution in [0.5, 0.6) is 0 Å². The second-order valence-electron chi connectivity index (χ2n) is 3.72. The van der Waals surface area contributed by atoms with Gasteiger partial charge in [0, 0.05) is 6.54 Å². The fourth-order valence-corrected chi connectivity index (χ4v) is 1.46. The van der Waals surface area contributed by atoms with Gasteiger partial charge < -0.3 is 21.3 Å². The van der Waals surface area contributed by atoms with Crippen LogP contribution in [0.25, 0.3) is 0 Å². The second kappa shape index (κ2) is 7.17. The Bertz CT molecular complexity index is 138. The minimum absolute atomic E-state index is 0.123. The van der Waals surface area contributed by atoms with Crippen LogP contribution in [0, 0.1) is 0 Å². The summed E-state index contributed by atoms with van der Waals surface area (Å²) in [5.74, 6) is 0. The first-order valence-corrected chi connectivity index (χ1v) is 5.40. The smallest absolute Gasteiger partial charge is 0.0800 e. The highest BCUT2D eigenvalue weighted by molar-refractivity contribution is 4.94. The van der Waals surface area contributed by atoms with Crippen LogP contribution in [0.2, 0.25) is 0 Å². The molecule has 14 heavy (non-hydrogen) atoms. The molecule has 0 spiro atoms. The van der Waals surface area contributed by atoms with Crippen LogP contribution in [0.4, 0.5) is 0 Å². The van der Waals surface area contributed by atoms with Crippen molar-refractivity contribution in [3.8, 4) is 0 Å². The summed E-state index contributed by atoms with van der Waals surface area (Å²) in [5.41, 5.74) is 4.88. The van der Waals surface area contributed by atoms with Gasteiger partial charge >= 0.3 is 0 Å². The molecule has 0 aromatic heterocycles. The highest BCUT2D eigenvalue weighted by atomic mass is 16.3. The normalized spacial score (nSPS) is 17.8. The van der Waals surface area contributed by atoms with Crippen molar-refractivity contribution in [2.24, 2.45) is 5.73 Å². The molecule has 0 heterocycles. The zero-order valence-corrected chi connectivity index (χ0v) is 9.29. The Morgan fingerprint density at radius 3 is 2.43 bits per heavy atom. The molecule has 4 heteroatoms. The van der Waals surface area contributed by atoms with Gasteiger partial charge in [-0.3, -0.25) is 0 Å². The third-order valence-corrected chi connectivity index (χ3v) is 2.68. The van der Waals surface area contributed by atoms with Gasteiger partial charge in [-0.1, -0.05) is 20.3 Å². The van der Waals surface area contributed by atoms with Crippen molar-refractivity contribution in [3.05, 3.63) is 0 Å². The molecule has 0 amide bonds. The maximum Gasteiger partial charge on any atom is 0.0800 e. The molecule has 0 saturated carbocycles. The second-order valence-corrected chi connectivity index (χ2v) is 3.72. The Morgan fingerprint density at radius 1 is 1.43 bits per heavy atom. The van der Waals surface area contributed by atoms with Gasteiger partial charge in [0.25, 0.3) is 0 Å². The fourth-order valence-electron chi connectivity index (χ4n) is 1.46. The molecule has 86 valence electrons. The molecule has 2 atom stereocenters. The van der Waals surface area contributed by atoms with Crippen LogP contribution in [-0.2, 0) is 0 Å². The first-order chi connectivity index (χ1) is 6.66. The van der Waals surface area contributed by atoms with Gasteiger partial charge in [-0.25, -0.2) is 0 Å². The topological polar surface area (TPSA) is 78.5 Å². The van der Waals surface area contributed by atoms with Crippen LogP contribution in [0.15, 0.2) is 0 Å². The van der Waals surface area contributed by atoms with E-state index in [0.29, 0.717) is 6.42 Å². The molecule has 4 nitrogen and oxygen atoms in total. The Labute approximate surface area is 86.5 Å². The van der Waals surface area contributed by atoms with Crippen LogP contribution in [0.3, 0.4) is 0 Å². The first-order valence-electron chi connectivity index (χ1n) is 5.40. The van der Waals surface area contributed by atoms with Crippen LogP contribution >= 0.6 is 0 Å². The molecule has 0 aromatic rings. The molecule has 2 unspecified atom stereocenters. The summed E-state index contributed by atoms with van der Waals surface area (Å²) >= 11 is 0. The third-order valence-electron chi connectivity index (χ3n) is 2.68. The Balaban J connectivity index is 4.21. The van der Waals surface area contributed by atoms with Gasteiger partial charge in [0.2, 0.25) is 0 Å². The van der Waals surface area contributed by atoms with Gasteiger partial charge in [0.1, 0.15) is 0 Å². The molecule has 0 aliphatic heterocycles. The number of nitrogens with one attached hydrogen (secondary N) is 1. The number of nitrogens with two attached hydrogens (primary N) is 1. The van der Waals surface area contributed by atoms with Gasteiger partial charge in [-0.15, -0.1) is 0 Å². The Morgan fingerprint density at radius 2 is 2.07 bits per heavy atom. The summed E-state index contributed by atoms with van der Waals surface area (Å²) < 4.78 is 0. The lowest BCUT2D eigenvalue weighted by atomic mass is 9.91. The average molecular weight is 204 g/mol. The van der Waals surface area contributed by atoms with Crippen molar-refractivity contribution in [3.63, 3.8) is 0 Å². The Kier molecular flexibility index (Phi) is 7.09. The van der Waals surface area contributed by atoms with E-state index in [1.54, 1.807) is 0 Å². The van der Waals surface area contributed by atoms with E-state index in [2.05, 4.69) is 12.2 Å². The molecular weight excluding hydrogens is 180 g/mol. The molecule has 0 aliphatic rings. The van der Waals surface area contributed by atoms with Crippen LogP contribution in [-0.4, -0.2) is 41.6 Å². The molecular formula is C10H24N2O2. The molecule has 0 bridgehead atoms. The number of hydrogen-bond acceptors (Lipinski definition) is 4. The number of aliphatic hydroxyl groups excluding tert-OH is 2. The van der Waals surface area contributed by atoms with Crippen molar-refractivity contribution in [2.75, 3.05) is 19.7 Å². The van der Waals surface area contributed by atoms with Crippen molar-refractivity contribution >= 4 is 0 Å². The monoisotopic (exact) mass is 204 g/mol. The predicted molar refractivity (Wildman–Crippen MR) is 58.1 cm³/mol. The maximum atomic E-state index is 9.77. The standard InChI is InChI=1S/C10H24N2O2/c1-3-5-6-12-10(7-11,8-13)9(14)4-2/h9,12-14H,3-8,11H2,1-2H3. The van der Waals surface area contributed by atoms with E-state index in [0.717, 1.165) is 19.4 Å². The van der Waals surface area contributed by atoms with Crippen LogP contribution < -0.4 is 11.1 Å². The molecule has 0 aliphatic carbocycles. The number of unbranched alkanes of at least 4 members (excludes halogenated alkanes) is 1. The molecule has 0 radical (unpaired) electrons. The van der Waals surface area contributed by atoms with Crippen LogP contribution in [0.1, 0.15) is 33.1 Å². The highest BCUT2D eigenvalue weighted by Gasteiger charge is 2.34. The summed E-state index contributed by atoms with van der Waals surface area (Å²) in [6.45, 7) is 4.89. The van der Waals surface area contributed by atoms with E-state index >= 15 is 0 Å². The summed E-state index contributed by atoms with van der Waals surface area (Å²) in [6, 6.07) is 0. The lowest BCUT2D eigenvalue weighted by Gasteiger charge is -2.36. The van der Waals surface area contributed by atoms with Crippen molar-refractivity contribution < 1.29 is 10.2 Å². The average Bonchev–Trinajstić information content (AvgIpc) is 2.24. The van der Waals surface area contributed by atoms with Gasteiger partial charge in [0.15, 0.2) is 0 Å². The summed E-state index contributed by atoms with van der Waals surface area (Å²) in [5, 5.41) is 22.2. The predicted octanol–water partition coefficient (Wildman–Crippen LogP) is -0.163. The number of rotatable bonds is 8. The largest absolute Gasteiger partial charge is 0.394 e. The summed E-state index contributed by atoms with van der Waals surface area (Å²) in [4.78, 5) is 0. The van der Waals surface area contributed by atoms with E-state index in [9.17, 15) is 10.2 Å². The highest BCUT2D eigenvalue weighted by Crippen LogP contribution is 2.12. The van der Waals surface area contributed by atoms with E-state index in [4.69, 9.17) is 5.73 Å². The molecule has 5 N–H and O–H groups in total. The molecule has 0 saturated heterocycles. The van der Waals surface area contributed by atoms with Gasteiger partial charge in [0.05, 0.1) is 18.2 Å². The molecule has 0 aromatic carbocycles. The molecule has 0 rings (SSSR count). The lowest BCUT2D eigenvalue weighted by molar-refractivity contribution is 0.0214. The quantitative estimate of drug-likeness (QED) is 0.414. The zero-order valence-electron chi connectivity index (χ0n) is 9.29. The lowest BCUT2D eigenvalue weighted by Crippen LogP contribution is -2.62. The first kappa shape index (κ1) is 13.8. The van der Waals surface area contributed by atoms with E-state index in [-0.39, 0.29) is 13.2 Å². The van der Waals surface area contributed by atoms with Crippen molar-refractivity contribution in [1.82, 2.24) is 5.32 Å². The number of aliphatic hydroxyl groups is 2. The zero-order chi connectivity index (χ0) is 11.0. The minimum Gasteiger partial charge on any atom is -0.394 e. The molecule has 0 fully saturated rings. The van der Waals surface area contributed by atoms with E-state index in [1.807, 2.05) is 6.92 Å². The third kappa shape index (κ3) is 3.53. The maximum absolute atomic E-state index is 9.77. The van der Waals surface area contributed by atoms with E-state index < -0.39 is 11.6 Å². The minimum atomic E-state index is -0.718. The SMILES string of the molecule is CCCCNC(CN)(CO)C(O)CC. The van der Waals surface area contributed by atoms with Crippen molar-refractivity contribution in [1.29, 1.82) is 0 Å². The van der Waals surface area contributed by atoms with E-state index in [1.165, 1.54) is 0 Å². The summed E-state index contributed by atoms with van der Waals surface area (Å²) in [7, 11) is 0. The Hall–Kier alpha value is -0.160. The summed E-state index contributed by atoms with van der Waals surface area (Å²) in [6.07, 6.45) is 2.12. The van der Waals surface area contributed by atoms with Gasteiger partial charge in [-0.2, -0.15) is 0 Å². The van der Waals surface area contributed by atoms with Gasteiger partial charge in [-0.05, 0) is 19.4 Å².